The van der Waals surface area contributed by atoms with Crippen molar-refractivity contribution in [1.29, 1.82) is 0 Å². The zero-order valence-electron chi connectivity index (χ0n) is 11.4. The Morgan fingerprint density at radius 2 is 2.10 bits per heavy atom. The van der Waals surface area contributed by atoms with E-state index in [0.29, 0.717) is 17.1 Å². The molecule has 0 amide bonds. The van der Waals surface area contributed by atoms with Crippen LogP contribution < -0.4 is 9.47 Å². The van der Waals surface area contributed by atoms with Crippen molar-refractivity contribution in [2.24, 2.45) is 0 Å². The fourth-order valence-electron chi connectivity index (χ4n) is 2.18. The second-order valence-electron chi connectivity index (χ2n) is 4.55. The molecule has 1 aromatic rings. The number of rotatable bonds is 4. The van der Waals surface area contributed by atoms with Crippen molar-refractivity contribution in [3.05, 3.63) is 23.3 Å². The lowest BCUT2D eigenvalue weighted by Crippen LogP contribution is -2.20. The molecule has 0 saturated carbocycles. The Bertz CT molecular complexity index is 555. The Hall–Kier alpha value is -1.75. The SMILES string of the molecule is COC(=O)C(=O)C(Cl)c1cc2c(cc1OC)CC(C)O2. The number of benzene rings is 1. The highest BCUT2D eigenvalue weighted by molar-refractivity contribution is 6.47. The third-order valence-electron chi connectivity index (χ3n) is 3.14. The Morgan fingerprint density at radius 3 is 2.70 bits per heavy atom. The minimum atomic E-state index is -1.16. The Morgan fingerprint density at radius 1 is 1.40 bits per heavy atom. The predicted octanol–water partition coefficient (Wildman–Crippen LogP) is 2.04. The van der Waals surface area contributed by atoms with Gasteiger partial charge in [0.1, 0.15) is 23.0 Å². The molecule has 20 heavy (non-hydrogen) atoms. The molecule has 1 aliphatic heterocycles. The van der Waals surface area contributed by atoms with Crippen LogP contribution in [0.5, 0.6) is 11.5 Å². The molecule has 0 N–H and O–H groups in total. The van der Waals surface area contributed by atoms with Gasteiger partial charge in [0.2, 0.25) is 0 Å². The van der Waals surface area contributed by atoms with E-state index in [1.54, 1.807) is 12.1 Å². The summed E-state index contributed by atoms with van der Waals surface area (Å²) >= 11 is 6.07. The molecule has 0 aliphatic carbocycles. The molecular weight excluding hydrogens is 284 g/mol. The number of hydrogen-bond acceptors (Lipinski definition) is 5. The molecule has 0 spiro atoms. The van der Waals surface area contributed by atoms with Gasteiger partial charge in [0.25, 0.3) is 5.78 Å². The van der Waals surface area contributed by atoms with Crippen molar-refractivity contribution in [3.8, 4) is 11.5 Å². The molecule has 2 atom stereocenters. The van der Waals surface area contributed by atoms with Crippen LogP contribution in [0.2, 0.25) is 0 Å². The minimum absolute atomic E-state index is 0.0649. The molecule has 0 fully saturated rings. The first kappa shape index (κ1) is 14.7. The molecule has 0 saturated heterocycles. The van der Waals surface area contributed by atoms with Gasteiger partial charge in [-0.05, 0) is 19.1 Å². The number of carbonyl (C=O) groups excluding carboxylic acids is 2. The first-order valence-electron chi connectivity index (χ1n) is 6.11. The van der Waals surface area contributed by atoms with E-state index in [4.69, 9.17) is 21.1 Å². The molecule has 2 rings (SSSR count). The second-order valence-corrected chi connectivity index (χ2v) is 4.99. The molecule has 1 heterocycles. The molecule has 6 heteroatoms. The standard InChI is InChI=1S/C14H15ClO5/c1-7-4-8-5-11(18-2)9(6-10(8)20-7)12(15)13(16)14(17)19-3/h5-7,12H,4H2,1-3H3. The molecule has 1 aromatic carbocycles. The Balaban J connectivity index is 2.39. The zero-order chi connectivity index (χ0) is 14.9. The summed E-state index contributed by atoms with van der Waals surface area (Å²) in [6.07, 6.45) is 0.833. The van der Waals surface area contributed by atoms with Crippen molar-refractivity contribution in [2.75, 3.05) is 14.2 Å². The summed E-state index contributed by atoms with van der Waals surface area (Å²) in [5.74, 6) is -0.699. The van der Waals surface area contributed by atoms with Crippen molar-refractivity contribution >= 4 is 23.4 Å². The maximum absolute atomic E-state index is 11.8. The molecule has 1 aliphatic rings. The number of halogens is 1. The highest BCUT2D eigenvalue weighted by atomic mass is 35.5. The monoisotopic (exact) mass is 298 g/mol. The molecule has 0 bridgehead atoms. The number of Topliss-reactive ketones (excluding diaryl/α,β-unsaturated/α-hetero) is 1. The van der Waals surface area contributed by atoms with Crippen LogP contribution in [-0.4, -0.2) is 32.1 Å². The third kappa shape index (κ3) is 2.58. The lowest BCUT2D eigenvalue weighted by molar-refractivity contribution is -0.151. The lowest BCUT2D eigenvalue weighted by atomic mass is 10.0. The lowest BCUT2D eigenvalue weighted by Gasteiger charge is -2.14. The van der Waals surface area contributed by atoms with Gasteiger partial charge in [-0.15, -0.1) is 11.6 Å². The summed E-state index contributed by atoms with van der Waals surface area (Å²) < 4.78 is 15.3. The highest BCUT2D eigenvalue weighted by Gasteiger charge is 2.31. The number of ether oxygens (including phenoxy) is 3. The summed E-state index contributed by atoms with van der Waals surface area (Å²) in [6.45, 7) is 1.95. The molecule has 0 aromatic heterocycles. The summed E-state index contributed by atoms with van der Waals surface area (Å²) in [5.41, 5.74) is 1.39. The van der Waals surface area contributed by atoms with Gasteiger partial charge >= 0.3 is 5.97 Å². The van der Waals surface area contributed by atoms with Gasteiger partial charge in [0, 0.05) is 17.5 Å². The predicted molar refractivity (Wildman–Crippen MR) is 72.4 cm³/mol. The average molecular weight is 299 g/mol. The van der Waals surface area contributed by atoms with Crippen molar-refractivity contribution in [1.82, 2.24) is 0 Å². The van der Waals surface area contributed by atoms with E-state index in [9.17, 15) is 9.59 Å². The van der Waals surface area contributed by atoms with Gasteiger partial charge in [-0.2, -0.15) is 0 Å². The number of fused-ring (bicyclic) bond motifs is 1. The number of alkyl halides is 1. The van der Waals surface area contributed by atoms with Crippen LogP contribution in [-0.2, 0) is 20.7 Å². The first-order valence-corrected chi connectivity index (χ1v) is 6.55. The van der Waals surface area contributed by atoms with E-state index in [1.807, 2.05) is 6.92 Å². The Kier molecular flexibility index (Phi) is 4.18. The van der Waals surface area contributed by atoms with E-state index in [1.165, 1.54) is 7.11 Å². The summed E-state index contributed by atoms with van der Waals surface area (Å²) in [7, 11) is 2.62. The second kappa shape index (κ2) is 5.71. The Labute approximate surface area is 121 Å². The summed E-state index contributed by atoms with van der Waals surface area (Å²) in [4.78, 5) is 23.1. The summed E-state index contributed by atoms with van der Waals surface area (Å²) in [5, 5.41) is -1.16. The maximum Gasteiger partial charge on any atom is 0.376 e. The van der Waals surface area contributed by atoms with Gasteiger partial charge in [-0.3, -0.25) is 4.79 Å². The highest BCUT2D eigenvalue weighted by Crippen LogP contribution is 2.39. The maximum atomic E-state index is 11.8. The van der Waals surface area contributed by atoms with Crippen LogP contribution in [0.15, 0.2) is 12.1 Å². The average Bonchev–Trinajstić information content (AvgIpc) is 2.82. The smallest absolute Gasteiger partial charge is 0.376 e. The topological polar surface area (TPSA) is 61.8 Å². The molecular formula is C14H15ClO5. The van der Waals surface area contributed by atoms with Gasteiger partial charge in [0.15, 0.2) is 0 Å². The quantitative estimate of drug-likeness (QED) is 0.483. The van der Waals surface area contributed by atoms with E-state index >= 15 is 0 Å². The van der Waals surface area contributed by atoms with E-state index in [2.05, 4.69) is 4.74 Å². The number of ketones is 1. The molecule has 108 valence electrons. The number of hydrogen-bond donors (Lipinski definition) is 0. The van der Waals surface area contributed by atoms with E-state index in [0.717, 1.165) is 19.1 Å². The molecule has 5 nitrogen and oxygen atoms in total. The normalized spacial score (nSPS) is 17.9. The van der Waals surface area contributed by atoms with Crippen LogP contribution in [0.1, 0.15) is 23.4 Å². The fraction of sp³-hybridized carbons (Fsp3) is 0.429. The van der Waals surface area contributed by atoms with E-state index < -0.39 is 17.1 Å². The number of esters is 1. The number of carbonyl (C=O) groups is 2. The first-order chi connectivity index (χ1) is 9.47. The summed E-state index contributed by atoms with van der Waals surface area (Å²) in [6, 6.07) is 3.43. The fourth-order valence-corrected chi connectivity index (χ4v) is 2.43. The third-order valence-corrected chi connectivity index (χ3v) is 3.57. The van der Waals surface area contributed by atoms with Crippen LogP contribution >= 0.6 is 11.6 Å². The largest absolute Gasteiger partial charge is 0.496 e. The van der Waals surface area contributed by atoms with Gasteiger partial charge in [0.05, 0.1) is 14.2 Å². The van der Waals surface area contributed by atoms with E-state index in [-0.39, 0.29) is 6.10 Å². The molecule has 2 unspecified atom stereocenters. The zero-order valence-corrected chi connectivity index (χ0v) is 12.2. The van der Waals surface area contributed by atoms with Crippen molar-refractivity contribution in [2.45, 2.75) is 24.8 Å². The van der Waals surface area contributed by atoms with Gasteiger partial charge < -0.3 is 14.2 Å². The van der Waals surface area contributed by atoms with Crippen LogP contribution in [0.25, 0.3) is 0 Å². The number of methoxy groups -OCH3 is 2. The van der Waals surface area contributed by atoms with Gasteiger partial charge in [-0.25, -0.2) is 4.79 Å². The van der Waals surface area contributed by atoms with Gasteiger partial charge in [-0.1, -0.05) is 0 Å². The van der Waals surface area contributed by atoms with Crippen molar-refractivity contribution < 1.29 is 23.8 Å². The minimum Gasteiger partial charge on any atom is -0.496 e. The van der Waals surface area contributed by atoms with Crippen molar-refractivity contribution in [3.63, 3.8) is 0 Å². The van der Waals surface area contributed by atoms with Crippen LogP contribution in [0, 0.1) is 0 Å². The van der Waals surface area contributed by atoms with Crippen LogP contribution in [0.3, 0.4) is 0 Å². The van der Waals surface area contributed by atoms with Crippen LogP contribution in [0.4, 0.5) is 0 Å². The molecule has 0 radical (unpaired) electrons.